The molecule has 2 aliphatic rings. The maximum Gasteiger partial charge on any atom is 0.253 e. The number of halogens is 3. The second kappa shape index (κ2) is 8.68. The van der Waals surface area contributed by atoms with Crippen molar-refractivity contribution in [2.24, 2.45) is 0 Å². The number of anilines is 1. The minimum absolute atomic E-state index is 0.0890. The van der Waals surface area contributed by atoms with E-state index in [1.165, 1.54) is 12.1 Å². The lowest BCUT2D eigenvalue weighted by Gasteiger charge is -2.45. The topological polar surface area (TPSA) is 54.8 Å². The van der Waals surface area contributed by atoms with Crippen molar-refractivity contribution in [1.82, 2.24) is 9.47 Å². The predicted molar refractivity (Wildman–Crippen MR) is 132 cm³/mol. The van der Waals surface area contributed by atoms with Gasteiger partial charge in [-0.2, -0.15) is 0 Å². The van der Waals surface area contributed by atoms with Crippen LogP contribution in [0.1, 0.15) is 13.8 Å². The van der Waals surface area contributed by atoms with Gasteiger partial charge in [-0.25, -0.2) is 8.78 Å². The molecule has 182 valence electrons. The van der Waals surface area contributed by atoms with E-state index in [0.717, 1.165) is 12.1 Å². The summed E-state index contributed by atoms with van der Waals surface area (Å²) < 4.78 is 35.9. The molecule has 1 amide bonds. The zero-order valence-corrected chi connectivity index (χ0v) is 20.1. The molecule has 3 heterocycles. The van der Waals surface area contributed by atoms with Crippen LogP contribution in [0.3, 0.4) is 0 Å². The fourth-order valence-electron chi connectivity index (χ4n) is 5.13. The first kappa shape index (κ1) is 23.4. The zero-order valence-electron chi connectivity index (χ0n) is 19.4. The van der Waals surface area contributed by atoms with Gasteiger partial charge < -0.3 is 19.1 Å². The number of carbonyl (C=O) groups is 1. The minimum Gasteiger partial charge on any atom is -0.489 e. The second-order valence-corrected chi connectivity index (χ2v) is 9.40. The lowest BCUT2D eigenvalue weighted by Crippen LogP contribution is -2.58. The van der Waals surface area contributed by atoms with Gasteiger partial charge in [-0.05, 0) is 38.1 Å². The Morgan fingerprint density at radius 2 is 1.94 bits per heavy atom. The molecule has 2 atom stereocenters. The monoisotopic (exact) mass is 499 g/mol. The first-order valence-electron chi connectivity index (χ1n) is 11.4. The molecule has 0 saturated carbocycles. The van der Waals surface area contributed by atoms with Crippen LogP contribution in [-0.2, 0) is 11.3 Å². The molecule has 5 rings (SSSR count). The van der Waals surface area contributed by atoms with Crippen LogP contribution in [-0.4, -0.2) is 47.2 Å². The lowest BCUT2D eigenvalue weighted by atomic mass is 9.98. The van der Waals surface area contributed by atoms with Crippen LogP contribution < -0.4 is 15.2 Å². The average molecular weight is 500 g/mol. The molecule has 1 aromatic heterocycles. The number of benzene rings is 2. The van der Waals surface area contributed by atoms with Crippen LogP contribution >= 0.6 is 11.6 Å². The van der Waals surface area contributed by atoms with Gasteiger partial charge in [0.2, 0.25) is 5.91 Å². The van der Waals surface area contributed by atoms with Gasteiger partial charge in [0.25, 0.3) is 5.56 Å². The molecule has 0 aliphatic carbocycles. The van der Waals surface area contributed by atoms with Gasteiger partial charge in [0.1, 0.15) is 18.2 Å². The number of amides is 1. The predicted octanol–water partition coefficient (Wildman–Crippen LogP) is 4.60. The van der Waals surface area contributed by atoms with Crippen molar-refractivity contribution in [3.8, 4) is 16.9 Å². The number of pyridine rings is 1. The highest BCUT2D eigenvalue weighted by Crippen LogP contribution is 2.46. The average Bonchev–Trinajstić information content (AvgIpc) is 2.83. The van der Waals surface area contributed by atoms with Crippen LogP contribution in [0.25, 0.3) is 22.0 Å². The van der Waals surface area contributed by atoms with Crippen molar-refractivity contribution in [1.29, 1.82) is 0 Å². The Morgan fingerprint density at radius 3 is 2.66 bits per heavy atom. The maximum absolute atomic E-state index is 14.8. The van der Waals surface area contributed by atoms with Gasteiger partial charge in [-0.1, -0.05) is 18.2 Å². The Hall–Kier alpha value is -3.39. The highest BCUT2D eigenvalue weighted by molar-refractivity contribution is 6.35. The first-order valence-corrected chi connectivity index (χ1v) is 11.8. The molecule has 0 spiro atoms. The van der Waals surface area contributed by atoms with Crippen molar-refractivity contribution in [2.75, 3.05) is 24.6 Å². The van der Waals surface area contributed by atoms with Crippen molar-refractivity contribution >= 4 is 34.1 Å². The molecule has 2 aromatic carbocycles. The van der Waals surface area contributed by atoms with Gasteiger partial charge in [0, 0.05) is 53.8 Å². The molecule has 2 aliphatic heterocycles. The summed E-state index contributed by atoms with van der Waals surface area (Å²) in [6, 6.07) is 6.36. The molecule has 1 saturated heterocycles. The van der Waals surface area contributed by atoms with Gasteiger partial charge in [-0.15, -0.1) is 0 Å². The fourth-order valence-corrected chi connectivity index (χ4v) is 5.43. The van der Waals surface area contributed by atoms with E-state index in [4.69, 9.17) is 16.3 Å². The summed E-state index contributed by atoms with van der Waals surface area (Å²) >= 11 is 6.70. The number of hydrogen-bond acceptors (Lipinski definition) is 4. The summed E-state index contributed by atoms with van der Waals surface area (Å²) in [7, 11) is 0. The summed E-state index contributed by atoms with van der Waals surface area (Å²) in [5, 5.41) is 0.922. The molecule has 0 unspecified atom stereocenters. The molecule has 3 aromatic rings. The van der Waals surface area contributed by atoms with Crippen molar-refractivity contribution in [3.05, 3.63) is 70.0 Å². The van der Waals surface area contributed by atoms with Gasteiger partial charge in [-0.3, -0.25) is 9.59 Å². The molecule has 9 heteroatoms. The number of hydrogen-bond donors (Lipinski definition) is 0. The number of nitrogens with zero attached hydrogens (tertiary/aromatic N) is 3. The number of carbonyl (C=O) groups excluding carboxylic acids is 1. The van der Waals surface area contributed by atoms with Crippen LogP contribution in [0, 0.1) is 11.6 Å². The van der Waals surface area contributed by atoms with Gasteiger partial charge in [0.05, 0.1) is 22.8 Å². The molecule has 0 radical (unpaired) electrons. The van der Waals surface area contributed by atoms with Crippen LogP contribution in [0.2, 0.25) is 5.02 Å². The number of rotatable bonds is 3. The number of ether oxygens (including phenoxy) is 1. The number of aromatic nitrogens is 1. The van der Waals surface area contributed by atoms with Crippen LogP contribution in [0.4, 0.5) is 14.5 Å². The Bertz CT molecular complexity index is 1440. The van der Waals surface area contributed by atoms with Crippen molar-refractivity contribution in [2.45, 2.75) is 32.5 Å². The van der Waals surface area contributed by atoms with Gasteiger partial charge in [0.15, 0.2) is 5.75 Å². The van der Waals surface area contributed by atoms with E-state index in [-0.39, 0.29) is 46.3 Å². The minimum atomic E-state index is -0.771. The summed E-state index contributed by atoms with van der Waals surface area (Å²) in [6.07, 6.45) is 1.31. The zero-order chi connectivity index (χ0) is 25.0. The highest BCUT2D eigenvalue weighted by Gasteiger charge is 2.34. The van der Waals surface area contributed by atoms with E-state index in [9.17, 15) is 18.4 Å². The quantitative estimate of drug-likeness (QED) is 0.494. The maximum atomic E-state index is 14.8. The van der Waals surface area contributed by atoms with Crippen LogP contribution in [0.5, 0.6) is 5.75 Å². The van der Waals surface area contributed by atoms with Crippen molar-refractivity contribution in [3.63, 3.8) is 0 Å². The lowest BCUT2D eigenvalue weighted by molar-refractivity contribution is -0.128. The summed E-state index contributed by atoms with van der Waals surface area (Å²) in [5.41, 5.74) is 1.36. The summed E-state index contributed by atoms with van der Waals surface area (Å²) in [6.45, 7) is 9.04. The third kappa shape index (κ3) is 3.76. The van der Waals surface area contributed by atoms with E-state index in [1.807, 2.05) is 13.8 Å². The normalized spacial score (nSPS) is 19.6. The molecule has 0 bridgehead atoms. The molecule has 35 heavy (non-hydrogen) atoms. The van der Waals surface area contributed by atoms with E-state index in [1.54, 1.807) is 21.6 Å². The second-order valence-electron chi connectivity index (χ2n) is 9.00. The Morgan fingerprint density at radius 1 is 1.17 bits per heavy atom. The van der Waals surface area contributed by atoms with Gasteiger partial charge >= 0.3 is 0 Å². The third-order valence-electron chi connectivity index (χ3n) is 6.79. The van der Waals surface area contributed by atoms with E-state index >= 15 is 0 Å². The summed E-state index contributed by atoms with van der Waals surface area (Å²) in [5.74, 6) is -1.31. The third-order valence-corrected chi connectivity index (χ3v) is 7.09. The largest absolute Gasteiger partial charge is 0.489 e. The SMILES string of the molecule is C=CC(=O)N1C[C@H](C)N(c2cc(=O)n3c4c(c(-c5ccc(F)cc5F)c(Cl)cc24)OCC3)C[C@H]1C. The highest BCUT2D eigenvalue weighted by atomic mass is 35.5. The Kier molecular flexibility index (Phi) is 5.79. The smallest absolute Gasteiger partial charge is 0.253 e. The van der Waals surface area contributed by atoms with E-state index in [2.05, 4.69) is 11.5 Å². The Balaban J connectivity index is 1.72. The number of piperazine rings is 1. The fraction of sp³-hybridized carbons (Fsp3) is 0.308. The van der Waals surface area contributed by atoms with Crippen molar-refractivity contribution < 1.29 is 18.3 Å². The van der Waals surface area contributed by atoms with E-state index < -0.39 is 11.6 Å². The Labute approximate surface area is 206 Å². The standard InChI is InChI=1S/C26H24ClF2N3O3/c1-4-22(33)32-13-14(2)31(12-15(32)3)21-11-23(34)30-7-8-35-26-24(19(27)10-18(21)25(26)30)17-6-5-16(28)9-20(17)29/h4-6,9-11,14-15H,1,7-8,12-13H2,2-3H3/t14-,15+/m0/s1. The molecule has 1 fully saturated rings. The molecular formula is C26H24ClF2N3O3. The van der Waals surface area contributed by atoms with E-state index in [0.29, 0.717) is 42.0 Å². The summed E-state index contributed by atoms with van der Waals surface area (Å²) in [4.78, 5) is 29.3. The molecule has 0 N–H and O–H groups in total. The molecular weight excluding hydrogens is 476 g/mol. The van der Waals surface area contributed by atoms with Crippen LogP contribution in [0.15, 0.2) is 47.8 Å². The molecule has 6 nitrogen and oxygen atoms in total. The first-order chi connectivity index (χ1) is 16.7.